The van der Waals surface area contributed by atoms with E-state index in [4.69, 9.17) is 4.74 Å². The molecular weight excluding hydrogens is 420 g/mol. The van der Waals surface area contributed by atoms with Crippen molar-refractivity contribution in [2.75, 3.05) is 20.2 Å². The van der Waals surface area contributed by atoms with Crippen LogP contribution < -0.4 is 4.74 Å². The molecule has 1 amide bonds. The van der Waals surface area contributed by atoms with Crippen LogP contribution in [0, 0.1) is 11.8 Å². The Morgan fingerprint density at radius 2 is 1.76 bits per heavy atom. The van der Waals surface area contributed by atoms with E-state index >= 15 is 0 Å². The highest BCUT2D eigenvalue weighted by Gasteiger charge is 2.33. The molecule has 2 saturated heterocycles. The van der Waals surface area contributed by atoms with Crippen molar-refractivity contribution in [2.24, 2.45) is 11.8 Å². The third-order valence-corrected chi connectivity index (χ3v) is 8.84. The van der Waals surface area contributed by atoms with Crippen LogP contribution in [0.5, 0.6) is 5.75 Å². The summed E-state index contributed by atoms with van der Waals surface area (Å²) in [5.41, 5.74) is 5.13. The summed E-state index contributed by atoms with van der Waals surface area (Å²) in [6.45, 7) is 3.20. The van der Waals surface area contributed by atoms with Crippen molar-refractivity contribution in [2.45, 2.75) is 76.4 Å². The van der Waals surface area contributed by atoms with Gasteiger partial charge in [-0.1, -0.05) is 18.2 Å². The summed E-state index contributed by atoms with van der Waals surface area (Å²) in [7, 11) is 1.97. The molecule has 2 aromatic rings. The van der Waals surface area contributed by atoms with Gasteiger partial charge in [-0.3, -0.25) is 9.69 Å². The van der Waals surface area contributed by atoms with Crippen LogP contribution in [0.3, 0.4) is 0 Å². The summed E-state index contributed by atoms with van der Waals surface area (Å²) in [6.07, 6.45) is 11.3. The molecule has 3 aliphatic carbocycles. The Hall–Kier alpha value is -2.33. The summed E-state index contributed by atoms with van der Waals surface area (Å²) in [4.78, 5) is 17.9. The van der Waals surface area contributed by atoms with Gasteiger partial charge in [-0.15, -0.1) is 0 Å². The van der Waals surface area contributed by atoms with E-state index < -0.39 is 0 Å². The first-order valence-corrected chi connectivity index (χ1v) is 13.5. The third kappa shape index (κ3) is 4.75. The molecule has 34 heavy (non-hydrogen) atoms. The van der Waals surface area contributed by atoms with E-state index in [2.05, 4.69) is 23.1 Å². The molecule has 4 nitrogen and oxygen atoms in total. The van der Waals surface area contributed by atoms with Gasteiger partial charge >= 0.3 is 0 Å². The molecule has 4 heteroatoms. The lowest BCUT2D eigenvalue weighted by molar-refractivity contribution is 0.0426. The maximum atomic E-state index is 13.2. The number of likely N-dealkylation sites (N-methyl/N-ethyl adjacent to an activating group) is 1. The number of carbonyl (C=O) groups excluding carboxylic acids is 1. The summed E-state index contributed by atoms with van der Waals surface area (Å²) < 4.78 is 5.82. The van der Waals surface area contributed by atoms with Gasteiger partial charge in [0.1, 0.15) is 5.75 Å². The van der Waals surface area contributed by atoms with E-state index in [1.807, 2.05) is 36.2 Å². The predicted molar refractivity (Wildman–Crippen MR) is 135 cm³/mol. The molecule has 0 aromatic heterocycles. The van der Waals surface area contributed by atoms with Crippen LogP contribution in [0.4, 0.5) is 0 Å². The molecule has 7 rings (SSSR count). The molecule has 0 spiro atoms. The molecule has 0 radical (unpaired) electrons. The molecule has 180 valence electrons. The van der Waals surface area contributed by atoms with Gasteiger partial charge in [0.2, 0.25) is 0 Å². The Balaban J connectivity index is 1.06. The molecule has 0 N–H and O–H groups in total. The average Bonchev–Trinajstić information content (AvgIpc) is 3.72. The minimum Gasteiger partial charge on any atom is -0.493 e. The number of aryl methyl sites for hydroxylation is 1. The topological polar surface area (TPSA) is 32.8 Å². The largest absolute Gasteiger partial charge is 0.493 e. The van der Waals surface area contributed by atoms with Gasteiger partial charge in [-0.2, -0.15) is 0 Å². The van der Waals surface area contributed by atoms with Crippen molar-refractivity contribution in [3.63, 3.8) is 0 Å². The quantitative estimate of drug-likeness (QED) is 0.551. The summed E-state index contributed by atoms with van der Waals surface area (Å²) in [5.74, 6) is 2.64. The molecule has 2 aliphatic heterocycles. The molecule has 2 saturated carbocycles. The smallest absolute Gasteiger partial charge is 0.253 e. The van der Waals surface area contributed by atoms with E-state index in [9.17, 15) is 4.79 Å². The average molecular weight is 459 g/mol. The van der Waals surface area contributed by atoms with E-state index in [-0.39, 0.29) is 11.9 Å². The Labute approximate surface area is 204 Å². The van der Waals surface area contributed by atoms with Gasteiger partial charge < -0.3 is 9.64 Å². The fourth-order valence-electron chi connectivity index (χ4n) is 6.38. The molecule has 4 fully saturated rings. The number of ether oxygens (including phenoxy) is 1. The lowest BCUT2D eigenvalue weighted by atomic mass is 9.79. The number of amides is 1. The van der Waals surface area contributed by atoms with Gasteiger partial charge in [0.15, 0.2) is 0 Å². The number of fused-ring (bicyclic) bond motifs is 4. The van der Waals surface area contributed by atoms with E-state index in [0.717, 1.165) is 61.6 Å². The van der Waals surface area contributed by atoms with E-state index in [0.29, 0.717) is 0 Å². The summed E-state index contributed by atoms with van der Waals surface area (Å²) in [6, 6.07) is 15.9. The van der Waals surface area contributed by atoms with Crippen molar-refractivity contribution in [3.05, 3.63) is 64.7 Å². The number of hydrogen-bond acceptors (Lipinski definition) is 3. The van der Waals surface area contributed by atoms with Crippen molar-refractivity contribution >= 4 is 5.91 Å². The van der Waals surface area contributed by atoms with Crippen LogP contribution in [0.1, 0.15) is 72.0 Å². The second-order valence-electron chi connectivity index (χ2n) is 11.3. The monoisotopic (exact) mass is 458 g/mol. The van der Waals surface area contributed by atoms with Crippen LogP contribution in [-0.2, 0) is 19.4 Å². The highest BCUT2D eigenvalue weighted by molar-refractivity contribution is 5.94. The zero-order valence-electron chi connectivity index (χ0n) is 20.5. The van der Waals surface area contributed by atoms with Crippen LogP contribution in [0.15, 0.2) is 42.5 Å². The number of benzene rings is 2. The first kappa shape index (κ1) is 22.2. The predicted octanol–water partition coefficient (Wildman–Crippen LogP) is 5.48. The highest BCUT2D eigenvalue weighted by atomic mass is 16.5. The summed E-state index contributed by atoms with van der Waals surface area (Å²) in [5, 5.41) is 0. The Bertz CT molecular complexity index is 1020. The highest BCUT2D eigenvalue weighted by Crippen LogP contribution is 2.36. The number of rotatable bonds is 7. The Kier molecular flexibility index (Phi) is 6.11. The SMILES string of the molecule is CN(C(=O)c1ccc(OCC2CC2)cc1)[C@H]1CCc2cc(CN3CC4CCC3CC4)ccc2C1. The molecule has 1 atom stereocenters. The molecule has 2 heterocycles. The molecule has 2 bridgehead atoms. The number of piperidine rings is 2. The van der Waals surface area contributed by atoms with Crippen molar-refractivity contribution in [3.8, 4) is 5.75 Å². The van der Waals surface area contributed by atoms with Gasteiger partial charge in [-0.05, 0) is 111 Å². The maximum Gasteiger partial charge on any atom is 0.253 e. The van der Waals surface area contributed by atoms with Crippen molar-refractivity contribution < 1.29 is 9.53 Å². The fourth-order valence-corrected chi connectivity index (χ4v) is 6.38. The minimum absolute atomic E-state index is 0.110. The third-order valence-electron chi connectivity index (χ3n) is 8.84. The molecule has 2 aromatic carbocycles. The van der Waals surface area contributed by atoms with Gasteiger partial charge in [0.05, 0.1) is 6.61 Å². The van der Waals surface area contributed by atoms with Crippen LogP contribution in [-0.4, -0.2) is 48.0 Å². The maximum absolute atomic E-state index is 13.2. The fraction of sp³-hybridized carbons (Fsp3) is 0.567. The molecular formula is C30H38N2O2. The number of nitrogens with zero attached hydrogens (tertiary/aromatic N) is 2. The van der Waals surface area contributed by atoms with Gasteiger partial charge in [0, 0.05) is 37.8 Å². The standard InChI is InChI=1S/C30H38N2O2/c1-31(30(33)24-9-14-29(15-10-24)34-20-22-2-3-22)28-13-8-25-16-23(4-7-26(25)17-28)19-32-18-21-5-11-27(32)12-6-21/h4,7,9-10,14-16,21-22,27-28H,2-3,5-6,8,11-13,17-20H2,1H3/t21?,27?,28-/m0/s1. The lowest BCUT2D eigenvalue weighted by Gasteiger charge is -2.45. The Morgan fingerprint density at radius 1 is 0.971 bits per heavy atom. The lowest BCUT2D eigenvalue weighted by Crippen LogP contribution is -2.47. The number of hydrogen-bond donors (Lipinski definition) is 0. The minimum atomic E-state index is 0.110. The zero-order chi connectivity index (χ0) is 23.1. The molecule has 5 aliphatic rings. The first-order chi connectivity index (χ1) is 16.6. The molecule has 0 unspecified atom stereocenters. The van der Waals surface area contributed by atoms with Crippen molar-refractivity contribution in [1.29, 1.82) is 0 Å². The Morgan fingerprint density at radius 3 is 2.47 bits per heavy atom. The van der Waals surface area contributed by atoms with Crippen LogP contribution in [0.2, 0.25) is 0 Å². The van der Waals surface area contributed by atoms with E-state index in [1.165, 1.54) is 61.8 Å². The second-order valence-corrected chi connectivity index (χ2v) is 11.3. The zero-order valence-corrected chi connectivity index (χ0v) is 20.5. The van der Waals surface area contributed by atoms with Gasteiger partial charge in [-0.25, -0.2) is 0 Å². The van der Waals surface area contributed by atoms with Crippen molar-refractivity contribution in [1.82, 2.24) is 9.80 Å². The van der Waals surface area contributed by atoms with Crippen LogP contribution >= 0.6 is 0 Å². The van der Waals surface area contributed by atoms with Gasteiger partial charge in [0.25, 0.3) is 5.91 Å². The normalized spacial score (nSPS) is 26.2. The second kappa shape index (κ2) is 9.37. The first-order valence-electron chi connectivity index (χ1n) is 13.5. The van der Waals surface area contributed by atoms with E-state index in [1.54, 1.807) is 0 Å². The van der Waals surface area contributed by atoms with Crippen LogP contribution in [0.25, 0.3) is 0 Å². The summed E-state index contributed by atoms with van der Waals surface area (Å²) >= 11 is 0. The number of carbonyl (C=O) groups is 1.